The third-order valence-electron chi connectivity index (χ3n) is 3.07. The van der Waals surface area contributed by atoms with Gasteiger partial charge in [0.25, 0.3) is 6.43 Å². The molecule has 8 heteroatoms. The van der Waals surface area contributed by atoms with Crippen LogP contribution in [-0.4, -0.2) is 29.4 Å². The third kappa shape index (κ3) is 5.95. The first-order chi connectivity index (χ1) is 11.6. The highest BCUT2D eigenvalue weighted by molar-refractivity contribution is 6.10. The van der Waals surface area contributed by atoms with Crippen LogP contribution in [-0.2, 0) is 9.47 Å². The van der Waals surface area contributed by atoms with E-state index < -0.39 is 29.9 Å². The highest BCUT2D eigenvalue weighted by atomic mass is 19.3. The van der Waals surface area contributed by atoms with Gasteiger partial charge in [0.2, 0.25) is 0 Å². The molecular weight excluding hydrogens is 334 g/mol. The fourth-order valence-corrected chi connectivity index (χ4v) is 1.96. The second-order valence-corrected chi connectivity index (χ2v) is 6.45. The van der Waals surface area contributed by atoms with Crippen LogP contribution in [0.2, 0.25) is 0 Å². The van der Waals surface area contributed by atoms with Gasteiger partial charge in [-0.15, -0.1) is 0 Å². The maximum absolute atomic E-state index is 13.3. The lowest BCUT2D eigenvalue weighted by Gasteiger charge is -2.27. The number of halogens is 2. The van der Waals surface area contributed by atoms with E-state index in [1.807, 2.05) is 6.92 Å². The molecule has 0 bridgehead atoms. The third-order valence-corrected chi connectivity index (χ3v) is 3.07. The largest absolute Gasteiger partial charge is 0.449 e. The SMILES string of the molecule is CCCCOC(=O)N(C(=O)OC(C)(C)C)c1c(C)ccnc1C(F)F. The molecule has 1 aromatic heterocycles. The van der Waals surface area contributed by atoms with Gasteiger partial charge in [0.15, 0.2) is 0 Å². The molecule has 0 aromatic carbocycles. The Labute approximate surface area is 146 Å². The molecule has 1 rings (SSSR count). The number of aromatic nitrogens is 1. The summed E-state index contributed by atoms with van der Waals surface area (Å²) in [6, 6.07) is 1.43. The lowest BCUT2D eigenvalue weighted by molar-refractivity contribution is 0.0565. The number of carbonyl (C=O) groups is 2. The maximum Gasteiger partial charge on any atom is 0.424 e. The van der Waals surface area contributed by atoms with Crippen molar-refractivity contribution in [3.8, 4) is 0 Å². The molecule has 0 saturated carbocycles. The first-order valence-electron chi connectivity index (χ1n) is 8.02. The van der Waals surface area contributed by atoms with E-state index in [0.29, 0.717) is 11.3 Å². The zero-order valence-corrected chi connectivity index (χ0v) is 15.1. The van der Waals surface area contributed by atoms with Crippen LogP contribution in [0.1, 0.15) is 58.2 Å². The van der Waals surface area contributed by atoms with E-state index in [4.69, 9.17) is 9.47 Å². The minimum absolute atomic E-state index is 0.0674. The van der Waals surface area contributed by atoms with Crippen molar-refractivity contribution in [1.29, 1.82) is 0 Å². The standard InChI is InChI=1S/C17H24F2N2O4/c1-6-7-10-24-15(22)21(16(23)25-17(3,4)5)13-11(2)8-9-20-12(13)14(18)19/h8-9,14H,6-7,10H2,1-5H3. The zero-order valence-electron chi connectivity index (χ0n) is 15.1. The molecule has 0 aliphatic carbocycles. The number of unbranched alkanes of at least 4 members (excludes halogenated alkanes) is 1. The molecule has 0 aliphatic rings. The molecule has 0 aliphatic heterocycles. The molecule has 0 radical (unpaired) electrons. The first kappa shape index (κ1) is 20.8. The Bertz CT molecular complexity index is 615. The molecule has 0 unspecified atom stereocenters. The second-order valence-electron chi connectivity index (χ2n) is 6.45. The molecule has 1 aromatic rings. The second kappa shape index (κ2) is 8.73. The monoisotopic (exact) mass is 358 g/mol. The number of anilines is 1. The lowest BCUT2D eigenvalue weighted by Crippen LogP contribution is -2.42. The number of hydrogen-bond acceptors (Lipinski definition) is 5. The molecule has 25 heavy (non-hydrogen) atoms. The predicted molar refractivity (Wildman–Crippen MR) is 88.9 cm³/mol. The van der Waals surface area contributed by atoms with E-state index in [0.717, 1.165) is 6.42 Å². The van der Waals surface area contributed by atoms with Crippen LogP contribution in [0.4, 0.5) is 24.1 Å². The number of rotatable bonds is 5. The molecule has 140 valence electrons. The minimum atomic E-state index is -2.97. The number of pyridine rings is 1. The molecule has 0 N–H and O–H groups in total. The van der Waals surface area contributed by atoms with E-state index in [1.165, 1.54) is 19.2 Å². The van der Waals surface area contributed by atoms with Crippen LogP contribution in [0.3, 0.4) is 0 Å². The Balaban J connectivity index is 3.32. The van der Waals surface area contributed by atoms with E-state index in [1.54, 1.807) is 20.8 Å². The Morgan fingerprint density at radius 3 is 2.44 bits per heavy atom. The number of ether oxygens (including phenoxy) is 2. The zero-order chi connectivity index (χ0) is 19.2. The molecule has 1 heterocycles. The summed E-state index contributed by atoms with van der Waals surface area (Å²) in [6.45, 7) is 8.29. The van der Waals surface area contributed by atoms with Crippen molar-refractivity contribution in [3.63, 3.8) is 0 Å². The Kier molecular flexibility index (Phi) is 7.26. The minimum Gasteiger partial charge on any atom is -0.449 e. The fraction of sp³-hybridized carbons (Fsp3) is 0.588. The Morgan fingerprint density at radius 2 is 1.92 bits per heavy atom. The average Bonchev–Trinajstić information content (AvgIpc) is 2.47. The van der Waals surface area contributed by atoms with Gasteiger partial charge in [0, 0.05) is 6.20 Å². The van der Waals surface area contributed by atoms with Crippen molar-refractivity contribution >= 4 is 17.9 Å². The number of amides is 2. The van der Waals surface area contributed by atoms with Crippen LogP contribution < -0.4 is 4.90 Å². The Morgan fingerprint density at radius 1 is 1.28 bits per heavy atom. The Hall–Kier alpha value is -2.25. The van der Waals surface area contributed by atoms with Crippen LogP contribution >= 0.6 is 0 Å². The average molecular weight is 358 g/mol. The van der Waals surface area contributed by atoms with E-state index >= 15 is 0 Å². The topological polar surface area (TPSA) is 68.7 Å². The van der Waals surface area contributed by atoms with Gasteiger partial charge in [-0.3, -0.25) is 4.98 Å². The van der Waals surface area contributed by atoms with Crippen LogP contribution in [0.25, 0.3) is 0 Å². The fourth-order valence-electron chi connectivity index (χ4n) is 1.96. The quantitative estimate of drug-likeness (QED) is 0.692. The van der Waals surface area contributed by atoms with Crippen molar-refractivity contribution in [3.05, 3.63) is 23.5 Å². The number of aryl methyl sites for hydroxylation is 1. The summed E-state index contributed by atoms with van der Waals surface area (Å²) < 4.78 is 36.9. The highest BCUT2D eigenvalue weighted by Gasteiger charge is 2.35. The number of alkyl halides is 2. The molecule has 0 saturated heterocycles. The summed E-state index contributed by atoms with van der Waals surface area (Å²) in [5.74, 6) is 0. The molecule has 0 atom stereocenters. The number of hydrogen-bond donors (Lipinski definition) is 0. The molecule has 6 nitrogen and oxygen atoms in total. The van der Waals surface area contributed by atoms with Crippen molar-refractivity contribution < 1.29 is 27.8 Å². The van der Waals surface area contributed by atoms with Crippen molar-refractivity contribution in [1.82, 2.24) is 4.98 Å². The van der Waals surface area contributed by atoms with Gasteiger partial charge in [0.05, 0.1) is 12.3 Å². The highest BCUT2D eigenvalue weighted by Crippen LogP contribution is 2.32. The normalized spacial score (nSPS) is 11.4. The van der Waals surface area contributed by atoms with Crippen LogP contribution in [0.5, 0.6) is 0 Å². The van der Waals surface area contributed by atoms with Gasteiger partial charge in [-0.25, -0.2) is 18.4 Å². The number of nitrogens with zero attached hydrogens (tertiary/aromatic N) is 2. The molecule has 0 spiro atoms. The maximum atomic E-state index is 13.3. The number of imide groups is 1. The van der Waals surface area contributed by atoms with Gasteiger partial charge in [0.1, 0.15) is 11.3 Å². The summed E-state index contributed by atoms with van der Waals surface area (Å²) in [6.07, 6.45) is -2.58. The van der Waals surface area contributed by atoms with Crippen LogP contribution in [0.15, 0.2) is 12.3 Å². The van der Waals surface area contributed by atoms with Gasteiger partial charge in [-0.2, -0.15) is 4.90 Å². The summed E-state index contributed by atoms with van der Waals surface area (Å²) in [4.78, 5) is 29.0. The summed E-state index contributed by atoms with van der Waals surface area (Å²) in [5.41, 5.74) is -1.63. The van der Waals surface area contributed by atoms with Gasteiger partial charge in [-0.1, -0.05) is 13.3 Å². The van der Waals surface area contributed by atoms with E-state index in [9.17, 15) is 18.4 Å². The summed E-state index contributed by atoms with van der Waals surface area (Å²) in [7, 11) is 0. The van der Waals surface area contributed by atoms with E-state index in [2.05, 4.69) is 4.98 Å². The number of carbonyl (C=O) groups excluding carboxylic acids is 2. The molecule has 0 fully saturated rings. The molecule has 2 amide bonds. The molecular formula is C17H24F2N2O4. The van der Waals surface area contributed by atoms with Gasteiger partial charge in [-0.05, 0) is 45.7 Å². The smallest absolute Gasteiger partial charge is 0.424 e. The van der Waals surface area contributed by atoms with Gasteiger partial charge >= 0.3 is 12.2 Å². The summed E-state index contributed by atoms with van der Waals surface area (Å²) >= 11 is 0. The predicted octanol–water partition coefficient (Wildman–Crippen LogP) is 5.01. The van der Waals surface area contributed by atoms with Gasteiger partial charge < -0.3 is 9.47 Å². The van der Waals surface area contributed by atoms with E-state index in [-0.39, 0.29) is 17.9 Å². The lowest BCUT2D eigenvalue weighted by atomic mass is 10.1. The van der Waals surface area contributed by atoms with Crippen molar-refractivity contribution in [2.45, 2.75) is 59.5 Å². The first-order valence-corrected chi connectivity index (χ1v) is 8.02. The summed E-state index contributed by atoms with van der Waals surface area (Å²) in [5, 5.41) is 0. The van der Waals surface area contributed by atoms with Crippen molar-refractivity contribution in [2.75, 3.05) is 11.5 Å². The van der Waals surface area contributed by atoms with Crippen molar-refractivity contribution in [2.24, 2.45) is 0 Å². The van der Waals surface area contributed by atoms with Crippen LogP contribution in [0, 0.1) is 6.92 Å².